The van der Waals surface area contributed by atoms with Gasteiger partial charge >= 0.3 is 0 Å². The second-order valence-corrected chi connectivity index (χ2v) is 7.99. The van der Waals surface area contributed by atoms with Gasteiger partial charge in [-0.3, -0.25) is 0 Å². The molecule has 2 unspecified atom stereocenters. The van der Waals surface area contributed by atoms with E-state index in [9.17, 15) is 8.42 Å². The second-order valence-electron chi connectivity index (χ2n) is 4.84. The number of rotatable bonds is 4. The summed E-state index contributed by atoms with van der Waals surface area (Å²) in [6, 6.07) is 6.81. The molecule has 1 aliphatic carbocycles. The Morgan fingerprint density at radius 3 is 2.63 bits per heavy atom. The Morgan fingerprint density at radius 2 is 1.95 bits per heavy atom. The minimum absolute atomic E-state index is 0.0793. The fourth-order valence-corrected chi connectivity index (χ4v) is 4.81. The van der Waals surface area contributed by atoms with E-state index >= 15 is 0 Å². The Balaban J connectivity index is 2.04. The standard InChI is InChI=1S/C13H17BrClNO2S/c14-11-6-2-4-8-13(11)19(17,18)16-9-10-5-1-3-7-12(10)15/h2,4,6,8,10,12,16H,1,3,5,7,9H2. The lowest BCUT2D eigenvalue weighted by Gasteiger charge is -2.27. The van der Waals surface area contributed by atoms with Crippen LogP contribution in [0.15, 0.2) is 33.6 Å². The molecule has 1 aliphatic rings. The van der Waals surface area contributed by atoms with Crippen molar-refractivity contribution in [3.8, 4) is 0 Å². The molecule has 1 aromatic carbocycles. The van der Waals surface area contributed by atoms with Crippen LogP contribution in [0.1, 0.15) is 25.7 Å². The van der Waals surface area contributed by atoms with Crippen LogP contribution in [0, 0.1) is 5.92 Å². The van der Waals surface area contributed by atoms with Gasteiger partial charge in [0.05, 0.1) is 4.90 Å². The van der Waals surface area contributed by atoms with E-state index in [-0.39, 0.29) is 16.2 Å². The summed E-state index contributed by atoms with van der Waals surface area (Å²) in [5.74, 6) is 0.229. The Morgan fingerprint density at radius 1 is 1.26 bits per heavy atom. The van der Waals surface area contributed by atoms with Crippen molar-refractivity contribution in [2.24, 2.45) is 5.92 Å². The van der Waals surface area contributed by atoms with Gasteiger partial charge in [0.2, 0.25) is 10.0 Å². The van der Waals surface area contributed by atoms with Gasteiger partial charge in [-0.15, -0.1) is 11.6 Å². The lowest BCUT2D eigenvalue weighted by atomic mass is 9.89. The SMILES string of the molecule is O=S(=O)(NCC1CCCCC1Cl)c1ccccc1Br. The van der Waals surface area contributed by atoms with Crippen LogP contribution in [0.5, 0.6) is 0 Å². The highest BCUT2D eigenvalue weighted by Crippen LogP contribution is 2.28. The van der Waals surface area contributed by atoms with Crippen LogP contribution < -0.4 is 4.72 Å². The van der Waals surface area contributed by atoms with Gasteiger partial charge in [0, 0.05) is 16.4 Å². The first-order valence-electron chi connectivity index (χ1n) is 6.39. The summed E-state index contributed by atoms with van der Waals surface area (Å²) in [6.07, 6.45) is 4.24. The van der Waals surface area contributed by atoms with Gasteiger partial charge in [-0.05, 0) is 46.8 Å². The Bertz CT molecular complexity index is 535. The highest BCUT2D eigenvalue weighted by molar-refractivity contribution is 9.10. The molecule has 0 amide bonds. The van der Waals surface area contributed by atoms with Crippen molar-refractivity contribution in [1.29, 1.82) is 0 Å². The molecule has 1 N–H and O–H groups in total. The molecule has 2 rings (SSSR count). The van der Waals surface area contributed by atoms with Crippen LogP contribution in [-0.2, 0) is 10.0 Å². The van der Waals surface area contributed by atoms with Gasteiger partial charge in [0.1, 0.15) is 0 Å². The number of benzene rings is 1. The van der Waals surface area contributed by atoms with E-state index in [1.54, 1.807) is 24.3 Å². The fourth-order valence-electron chi connectivity index (χ4n) is 2.35. The molecule has 106 valence electrons. The Kier molecular flexibility index (Phi) is 5.29. The number of hydrogen-bond donors (Lipinski definition) is 1. The number of hydrogen-bond acceptors (Lipinski definition) is 2. The molecule has 0 aromatic heterocycles. The molecule has 0 saturated heterocycles. The fraction of sp³-hybridized carbons (Fsp3) is 0.538. The summed E-state index contributed by atoms with van der Waals surface area (Å²) in [6.45, 7) is 0.415. The van der Waals surface area contributed by atoms with Crippen molar-refractivity contribution in [3.63, 3.8) is 0 Å². The molecule has 6 heteroatoms. The number of nitrogens with one attached hydrogen (secondary N) is 1. The number of alkyl halides is 1. The van der Waals surface area contributed by atoms with Crippen molar-refractivity contribution in [3.05, 3.63) is 28.7 Å². The van der Waals surface area contributed by atoms with Gasteiger partial charge in [0.15, 0.2) is 0 Å². The smallest absolute Gasteiger partial charge is 0.211 e. The molecular formula is C13H17BrClNO2S. The monoisotopic (exact) mass is 365 g/mol. The Hall–Kier alpha value is -0.100. The van der Waals surface area contributed by atoms with Crippen molar-refractivity contribution < 1.29 is 8.42 Å². The van der Waals surface area contributed by atoms with E-state index in [1.165, 1.54) is 0 Å². The predicted molar refractivity (Wildman–Crippen MR) is 80.9 cm³/mol. The third-order valence-electron chi connectivity index (χ3n) is 3.48. The van der Waals surface area contributed by atoms with Crippen LogP contribution in [-0.4, -0.2) is 20.3 Å². The summed E-state index contributed by atoms with van der Waals surface area (Å²) in [5.41, 5.74) is 0. The molecule has 0 radical (unpaired) electrons. The topological polar surface area (TPSA) is 46.2 Å². The zero-order valence-electron chi connectivity index (χ0n) is 10.5. The third-order valence-corrected chi connectivity index (χ3v) is 6.49. The molecule has 1 saturated carbocycles. The zero-order valence-corrected chi connectivity index (χ0v) is 13.6. The van der Waals surface area contributed by atoms with Crippen molar-refractivity contribution in [1.82, 2.24) is 4.72 Å². The first-order chi connectivity index (χ1) is 9.00. The van der Waals surface area contributed by atoms with Gasteiger partial charge in [-0.25, -0.2) is 13.1 Å². The van der Waals surface area contributed by atoms with Gasteiger partial charge in [-0.1, -0.05) is 25.0 Å². The summed E-state index contributed by atoms with van der Waals surface area (Å²) in [4.78, 5) is 0.275. The van der Waals surface area contributed by atoms with Crippen LogP contribution >= 0.6 is 27.5 Å². The third kappa shape index (κ3) is 3.94. The van der Waals surface area contributed by atoms with Crippen LogP contribution in [0.25, 0.3) is 0 Å². The van der Waals surface area contributed by atoms with Crippen molar-refractivity contribution in [2.75, 3.05) is 6.54 Å². The number of sulfonamides is 1. The molecule has 0 bridgehead atoms. The van der Waals surface area contributed by atoms with E-state index in [2.05, 4.69) is 20.7 Å². The molecule has 0 aliphatic heterocycles. The maximum absolute atomic E-state index is 12.2. The lowest BCUT2D eigenvalue weighted by molar-refractivity contribution is 0.364. The molecular weight excluding hydrogens is 350 g/mol. The van der Waals surface area contributed by atoms with Crippen LogP contribution in [0.3, 0.4) is 0 Å². The largest absolute Gasteiger partial charge is 0.241 e. The molecule has 19 heavy (non-hydrogen) atoms. The molecule has 3 nitrogen and oxygen atoms in total. The Labute approximate surface area is 127 Å². The van der Waals surface area contributed by atoms with E-state index < -0.39 is 10.0 Å². The van der Waals surface area contributed by atoms with Crippen molar-refractivity contribution >= 4 is 37.6 Å². The molecule has 0 spiro atoms. The van der Waals surface area contributed by atoms with Crippen molar-refractivity contribution in [2.45, 2.75) is 36.0 Å². The lowest BCUT2D eigenvalue weighted by Crippen LogP contribution is -2.34. The maximum Gasteiger partial charge on any atom is 0.241 e. The van der Waals surface area contributed by atoms with E-state index in [0.717, 1.165) is 25.7 Å². The molecule has 0 heterocycles. The van der Waals surface area contributed by atoms with Gasteiger partial charge in [0.25, 0.3) is 0 Å². The predicted octanol–water partition coefficient (Wildman–Crippen LogP) is 3.53. The number of halogens is 2. The first kappa shape index (κ1) is 15.3. The normalized spacial score (nSPS) is 24.3. The van der Waals surface area contributed by atoms with Crippen LogP contribution in [0.2, 0.25) is 0 Å². The summed E-state index contributed by atoms with van der Waals surface area (Å²) >= 11 is 9.51. The summed E-state index contributed by atoms with van der Waals surface area (Å²) in [5, 5.41) is 0.0793. The minimum atomic E-state index is -3.47. The van der Waals surface area contributed by atoms with E-state index in [0.29, 0.717) is 11.0 Å². The van der Waals surface area contributed by atoms with Gasteiger partial charge < -0.3 is 0 Å². The highest BCUT2D eigenvalue weighted by Gasteiger charge is 2.25. The minimum Gasteiger partial charge on any atom is -0.211 e. The first-order valence-corrected chi connectivity index (χ1v) is 9.10. The van der Waals surface area contributed by atoms with Crippen LogP contribution in [0.4, 0.5) is 0 Å². The summed E-state index contributed by atoms with van der Waals surface area (Å²) < 4.78 is 27.7. The summed E-state index contributed by atoms with van der Waals surface area (Å²) in [7, 11) is -3.47. The van der Waals surface area contributed by atoms with E-state index in [4.69, 9.17) is 11.6 Å². The molecule has 1 fully saturated rings. The average molecular weight is 367 g/mol. The quantitative estimate of drug-likeness (QED) is 0.829. The average Bonchev–Trinajstić information content (AvgIpc) is 2.38. The molecule has 1 aromatic rings. The molecule has 2 atom stereocenters. The highest BCUT2D eigenvalue weighted by atomic mass is 79.9. The second kappa shape index (κ2) is 6.57. The maximum atomic E-state index is 12.2. The van der Waals surface area contributed by atoms with Gasteiger partial charge in [-0.2, -0.15) is 0 Å². The zero-order chi connectivity index (χ0) is 13.9. The van der Waals surface area contributed by atoms with E-state index in [1.807, 2.05) is 0 Å².